The van der Waals surface area contributed by atoms with Crippen molar-refractivity contribution in [3.05, 3.63) is 100 Å². The molecule has 0 fully saturated rings. The second-order valence-corrected chi connectivity index (χ2v) is 9.95. The molecule has 4 N–H and O–H groups in total. The number of halogens is 2. The average Bonchev–Trinajstić information content (AvgIpc) is 3.37. The Labute approximate surface area is 250 Å². The van der Waals surface area contributed by atoms with Crippen LogP contribution in [0.2, 0.25) is 0 Å². The van der Waals surface area contributed by atoms with Crippen molar-refractivity contribution in [1.29, 1.82) is 0 Å². The Morgan fingerprint density at radius 2 is 1.95 bits per heavy atom. The monoisotopic (exact) mass is 608 g/mol. The molecule has 4 rings (SSSR count). The second-order valence-electron chi connectivity index (χ2n) is 9.95. The predicted octanol–water partition coefficient (Wildman–Crippen LogP) is 3.63. The first kappa shape index (κ1) is 31.4. The highest BCUT2D eigenvalue weighted by Gasteiger charge is 2.21. The van der Waals surface area contributed by atoms with Gasteiger partial charge in [0.2, 0.25) is 11.8 Å². The van der Waals surface area contributed by atoms with Crippen LogP contribution in [-0.2, 0) is 22.7 Å². The molecule has 14 heteroatoms. The fourth-order valence-electron chi connectivity index (χ4n) is 4.16. The van der Waals surface area contributed by atoms with E-state index in [1.165, 1.54) is 39.9 Å². The molecule has 3 amide bonds. The van der Waals surface area contributed by atoms with E-state index in [4.69, 9.17) is 4.74 Å². The number of carbonyl (C=O) groups excluding carboxylic acids is 2. The van der Waals surface area contributed by atoms with E-state index in [2.05, 4.69) is 20.6 Å². The lowest BCUT2D eigenvalue weighted by molar-refractivity contribution is -0.123. The van der Waals surface area contributed by atoms with Crippen molar-refractivity contribution in [1.82, 2.24) is 24.8 Å². The van der Waals surface area contributed by atoms with Gasteiger partial charge in [0.1, 0.15) is 41.5 Å². The lowest BCUT2D eigenvalue weighted by Crippen LogP contribution is -2.44. The third-order valence-corrected chi connectivity index (χ3v) is 6.45. The zero-order chi connectivity index (χ0) is 31.8. The number of likely N-dealkylation sites (N-methyl/N-ethyl adjacent to an activating group) is 1. The molecule has 2 aromatic heterocycles. The van der Waals surface area contributed by atoms with Gasteiger partial charge in [-0.3, -0.25) is 14.4 Å². The number of ether oxygens (including phenoxy) is 1. The number of nitrogens with zero attached hydrogens (tertiary/aromatic N) is 3. The van der Waals surface area contributed by atoms with E-state index >= 15 is 0 Å². The van der Waals surface area contributed by atoms with E-state index in [1.54, 1.807) is 38.4 Å². The topological polar surface area (TPSA) is 159 Å². The Balaban J connectivity index is 1.42. The normalized spacial score (nSPS) is 11.8. The number of carboxylic acid groups (broad SMARTS) is 1. The Kier molecular flexibility index (Phi) is 10.1. The van der Waals surface area contributed by atoms with Crippen LogP contribution in [-0.4, -0.2) is 62.6 Å². The first-order valence-electron chi connectivity index (χ1n) is 13.4. The van der Waals surface area contributed by atoms with Crippen molar-refractivity contribution in [3.63, 3.8) is 0 Å². The number of allylic oxidation sites excluding steroid dienone is 1. The van der Waals surface area contributed by atoms with E-state index in [-0.39, 0.29) is 43.2 Å². The summed E-state index contributed by atoms with van der Waals surface area (Å²) in [5.41, 5.74) is 0.770. The molecule has 230 valence electrons. The number of amides is 3. The van der Waals surface area contributed by atoms with E-state index in [0.717, 1.165) is 12.1 Å². The fraction of sp³-hybridized carbons (Fsp3) is 0.233. The van der Waals surface area contributed by atoms with Gasteiger partial charge in [-0.25, -0.2) is 18.6 Å². The van der Waals surface area contributed by atoms with Crippen LogP contribution in [0.3, 0.4) is 0 Å². The number of nitrogens with one attached hydrogen (secondary N) is 3. The summed E-state index contributed by atoms with van der Waals surface area (Å²) in [6, 6.07) is 10.0. The number of aromatic nitrogens is 3. The number of imidazole rings is 1. The van der Waals surface area contributed by atoms with Crippen LogP contribution < -0.4 is 20.9 Å². The van der Waals surface area contributed by atoms with Gasteiger partial charge >= 0.3 is 6.09 Å². The quantitative estimate of drug-likeness (QED) is 0.179. The van der Waals surface area contributed by atoms with Gasteiger partial charge in [0.15, 0.2) is 0 Å². The standard InChI is InChI=1S/C30H30F2N6O6/c1-37(2)27(39)8-4-3-6-23(36-30(42)43)28(40)35-24-7-5-13-38(29(24)41)16-26-33-22-12-11-20(15-25(22)34-26)44-17-18-9-10-19(31)14-21(18)32/h4-5,7-15,23,36H,3,6,16-17H2,1-2H3,(H,33,34)(H,35,40)(H,42,43)/b8-4+. The maximum absolute atomic E-state index is 13.9. The Hall–Kier alpha value is -5.53. The first-order valence-corrected chi connectivity index (χ1v) is 13.4. The summed E-state index contributed by atoms with van der Waals surface area (Å²) in [5.74, 6) is -1.52. The molecular weight excluding hydrogens is 578 g/mol. The maximum atomic E-state index is 13.9. The highest BCUT2D eigenvalue weighted by Crippen LogP contribution is 2.21. The van der Waals surface area contributed by atoms with Crippen molar-refractivity contribution in [2.45, 2.75) is 32.0 Å². The number of hydrogen-bond acceptors (Lipinski definition) is 6. The number of hydrogen-bond donors (Lipinski definition) is 4. The Bertz CT molecular complexity index is 1770. The molecule has 0 aliphatic carbocycles. The molecule has 4 aromatic rings. The van der Waals surface area contributed by atoms with Crippen molar-refractivity contribution >= 4 is 34.6 Å². The van der Waals surface area contributed by atoms with Crippen LogP contribution in [0, 0.1) is 11.6 Å². The van der Waals surface area contributed by atoms with Crippen LogP contribution in [0.1, 0.15) is 24.2 Å². The highest BCUT2D eigenvalue weighted by atomic mass is 19.1. The number of H-pyrrole nitrogens is 1. The smallest absolute Gasteiger partial charge is 0.405 e. The summed E-state index contributed by atoms with van der Waals surface area (Å²) in [6.45, 7) is -0.0854. The zero-order valence-corrected chi connectivity index (χ0v) is 23.8. The van der Waals surface area contributed by atoms with E-state index < -0.39 is 35.2 Å². The lowest BCUT2D eigenvalue weighted by Gasteiger charge is -2.16. The van der Waals surface area contributed by atoms with Crippen LogP contribution in [0.4, 0.5) is 19.3 Å². The number of carbonyl (C=O) groups is 3. The van der Waals surface area contributed by atoms with Crippen LogP contribution in [0.5, 0.6) is 5.75 Å². The van der Waals surface area contributed by atoms with E-state index in [1.807, 2.05) is 0 Å². The first-order chi connectivity index (χ1) is 21.0. The van der Waals surface area contributed by atoms with Gasteiger partial charge in [0, 0.05) is 38.0 Å². The molecule has 0 radical (unpaired) electrons. The van der Waals surface area contributed by atoms with Crippen molar-refractivity contribution in [2.24, 2.45) is 0 Å². The largest absolute Gasteiger partial charge is 0.489 e. The van der Waals surface area contributed by atoms with Gasteiger partial charge in [-0.2, -0.15) is 0 Å². The van der Waals surface area contributed by atoms with Gasteiger partial charge in [-0.15, -0.1) is 0 Å². The summed E-state index contributed by atoms with van der Waals surface area (Å²) in [7, 11) is 3.18. The van der Waals surface area contributed by atoms with Crippen LogP contribution in [0.25, 0.3) is 11.0 Å². The highest BCUT2D eigenvalue weighted by molar-refractivity contribution is 5.96. The second kappa shape index (κ2) is 14.1. The molecule has 44 heavy (non-hydrogen) atoms. The number of aromatic amines is 1. The van der Waals surface area contributed by atoms with E-state index in [9.17, 15) is 33.1 Å². The third kappa shape index (κ3) is 8.27. The molecule has 0 aliphatic rings. The van der Waals surface area contributed by atoms with Gasteiger partial charge in [-0.05, 0) is 55.3 Å². The Morgan fingerprint density at radius 3 is 2.68 bits per heavy atom. The number of benzene rings is 2. The van der Waals surface area contributed by atoms with Crippen molar-refractivity contribution in [3.8, 4) is 5.75 Å². The SMILES string of the molecule is CN(C)C(=O)/C=C/CCC(NC(=O)O)C(=O)Nc1cccn(Cc2nc3ccc(OCc4ccc(F)cc4F)cc3[nH]2)c1=O. The molecule has 0 spiro atoms. The number of fused-ring (bicyclic) bond motifs is 1. The molecular formula is C30H30F2N6O6. The maximum Gasteiger partial charge on any atom is 0.405 e. The molecule has 2 aromatic carbocycles. The summed E-state index contributed by atoms with van der Waals surface area (Å²) >= 11 is 0. The molecule has 0 bridgehead atoms. The number of pyridine rings is 1. The predicted molar refractivity (Wildman–Crippen MR) is 157 cm³/mol. The fourth-order valence-corrected chi connectivity index (χ4v) is 4.16. The summed E-state index contributed by atoms with van der Waals surface area (Å²) < 4.78 is 34.0. The molecule has 1 atom stereocenters. The minimum absolute atomic E-state index is 0.0235. The van der Waals surface area contributed by atoms with Crippen LogP contribution >= 0.6 is 0 Å². The number of anilines is 1. The van der Waals surface area contributed by atoms with Gasteiger partial charge in [-0.1, -0.05) is 6.08 Å². The summed E-state index contributed by atoms with van der Waals surface area (Å²) in [6.07, 6.45) is 3.25. The minimum atomic E-state index is -1.41. The third-order valence-electron chi connectivity index (χ3n) is 6.45. The molecule has 0 saturated carbocycles. The molecule has 1 unspecified atom stereocenters. The summed E-state index contributed by atoms with van der Waals surface area (Å²) in [5, 5.41) is 13.8. The van der Waals surface area contributed by atoms with Gasteiger partial charge < -0.3 is 34.9 Å². The zero-order valence-electron chi connectivity index (χ0n) is 23.8. The molecule has 12 nitrogen and oxygen atoms in total. The average molecular weight is 609 g/mol. The Morgan fingerprint density at radius 1 is 1.16 bits per heavy atom. The van der Waals surface area contributed by atoms with Gasteiger partial charge in [0.05, 0.1) is 17.6 Å². The number of rotatable bonds is 12. The van der Waals surface area contributed by atoms with Crippen molar-refractivity contribution in [2.75, 3.05) is 19.4 Å². The molecule has 0 saturated heterocycles. The molecule has 2 heterocycles. The lowest BCUT2D eigenvalue weighted by atomic mass is 10.1. The van der Waals surface area contributed by atoms with Crippen LogP contribution in [0.15, 0.2) is 71.7 Å². The van der Waals surface area contributed by atoms with Crippen molar-refractivity contribution < 1.29 is 33.0 Å². The molecule has 0 aliphatic heterocycles. The van der Waals surface area contributed by atoms with E-state index in [0.29, 0.717) is 22.6 Å². The summed E-state index contributed by atoms with van der Waals surface area (Å²) in [4.78, 5) is 57.9. The van der Waals surface area contributed by atoms with Gasteiger partial charge in [0.25, 0.3) is 5.56 Å². The minimum Gasteiger partial charge on any atom is -0.489 e.